The average Bonchev–Trinajstić information content (AvgIpc) is 2.48. The molecule has 0 radical (unpaired) electrons. The van der Waals surface area contributed by atoms with Gasteiger partial charge in [-0.15, -0.1) is 0 Å². The van der Waals surface area contributed by atoms with Crippen LogP contribution in [-0.4, -0.2) is 19.5 Å². The van der Waals surface area contributed by atoms with Gasteiger partial charge >= 0.3 is 0 Å². The number of fused-ring (bicyclic) bond motifs is 2. The molecule has 108 valence electrons. The number of aldehydes is 1. The minimum atomic E-state index is 0.183. The molecule has 0 fully saturated rings. The molecule has 0 aliphatic carbocycles. The van der Waals surface area contributed by atoms with Crippen molar-refractivity contribution >= 4 is 22.2 Å². The second kappa shape index (κ2) is 5.76. The molecular formula is C16H19BrO3. The molecule has 0 spiro atoms. The Labute approximate surface area is 127 Å². The van der Waals surface area contributed by atoms with Crippen LogP contribution in [0.2, 0.25) is 0 Å². The number of benzene rings is 1. The number of halogens is 1. The lowest BCUT2D eigenvalue weighted by atomic mass is 9.86. The summed E-state index contributed by atoms with van der Waals surface area (Å²) in [6, 6.07) is 0. The summed E-state index contributed by atoms with van der Waals surface area (Å²) in [7, 11) is 0. The standard InChI is InChI=1S/C16H19BrO3/c1-10(6-7-18)13-11-4-2-9-20-16(11)14(17)12-5-3-8-19-15(12)13/h7,10H,2-6,8-9H2,1H3. The summed E-state index contributed by atoms with van der Waals surface area (Å²) in [5, 5.41) is 0. The molecule has 0 saturated carbocycles. The average molecular weight is 339 g/mol. The highest BCUT2D eigenvalue weighted by Gasteiger charge is 2.30. The summed E-state index contributed by atoms with van der Waals surface area (Å²) < 4.78 is 12.9. The molecule has 1 unspecified atom stereocenters. The minimum absolute atomic E-state index is 0.183. The molecule has 1 aromatic rings. The Kier molecular flexibility index (Phi) is 4.01. The van der Waals surface area contributed by atoms with Crippen LogP contribution >= 0.6 is 15.9 Å². The molecule has 2 heterocycles. The van der Waals surface area contributed by atoms with Crippen LogP contribution in [0.3, 0.4) is 0 Å². The number of hydrogen-bond donors (Lipinski definition) is 0. The number of rotatable bonds is 3. The van der Waals surface area contributed by atoms with Crippen LogP contribution < -0.4 is 9.47 Å². The first-order valence-electron chi connectivity index (χ1n) is 7.30. The van der Waals surface area contributed by atoms with Gasteiger partial charge in [0.25, 0.3) is 0 Å². The van der Waals surface area contributed by atoms with E-state index in [2.05, 4.69) is 22.9 Å². The van der Waals surface area contributed by atoms with Gasteiger partial charge in [-0.25, -0.2) is 0 Å². The van der Waals surface area contributed by atoms with Crippen molar-refractivity contribution in [2.24, 2.45) is 0 Å². The van der Waals surface area contributed by atoms with Gasteiger partial charge in [-0.05, 0) is 47.5 Å². The van der Waals surface area contributed by atoms with E-state index < -0.39 is 0 Å². The Bertz CT molecular complexity index is 502. The van der Waals surface area contributed by atoms with Crippen LogP contribution in [-0.2, 0) is 17.6 Å². The summed E-state index contributed by atoms with van der Waals surface area (Å²) in [6.07, 6.45) is 5.60. The molecule has 0 saturated heterocycles. The molecule has 2 aliphatic rings. The smallest absolute Gasteiger partial charge is 0.137 e. The molecule has 2 aliphatic heterocycles. The lowest BCUT2D eigenvalue weighted by Crippen LogP contribution is -2.19. The van der Waals surface area contributed by atoms with Gasteiger partial charge in [-0.2, -0.15) is 0 Å². The van der Waals surface area contributed by atoms with Crippen LogP contribution in [0.4, 0.5) is 0 Å². The zero-order chi connectivity index (χ0) is 14.1. The summed E-state index contributed by atoms with van der Waals surface area (Å²) in [5.41, 5.74) is 3.65. The molecule has 20 heavy (non-hydrogen) atoms. The highest BCUT2D eigenvalue weighted by atomic mass is 79.9. The highest BCUT2D eigenvalue weighted by molar-refractivity contribution is 9.10. The van der Waals surface area contributed by atoms with E-state index in [0.29, 0.717) is 6.42 Å². The lowest BCUT2D eigenvalue weighted by Gasteiger charge is -2.31. The van der Waals surface area contributed by atoms with Gasteiger partial charge < -0.3 is 14.3 Å². The molecule has 1 atom stereocenters. The Morgan fingerprint density at radius 2 is 1.80 bits per heavy atom. The Balaban J connectivity index is 2.21. The third kappa shape index (κ3) is 2.24. The summed E-state index contributed by atoms with van der Waals surface area (Å²) >= 11 is 3.70. The first kappa shape index (κ1) is 13.9. The molecule has 1 aromatic carbocycles. The van der Waals surface area contributed by atoms with Gasteiger partial charge in [0.1, 0.15) is 17.8 Å². The van der Waals surface area contributed by atoms with Crippen molar-refractivity contribution in [3.05, 3.63) is 21.2 Å². The molecule has 3 rings (SSSR count). The molecule has 0 N–H and O–H groups in total. The van der Waals surface area contributed by atoms with Crippen LogP contribution in [0.25, 0.3) is 0 Å². The minimum Gasteiger partial charge on any atom is -0.493 e. The molecule has 0 aromatic heterocycles. The number of hydrogen-bond acceptors (Lipinski definition) is 3. The van der Waals surface area contributed by atoms with Gasteiger partial charge in [0, 0.05) is 23.1 Å². The van der Waals surface area contributed by atoms with Crippen LogP contribution in [0, 0.1) is 0 Å². The SMILES string of the molecule is CC(CC=O)c1c2c(c(Br)c3c1OCCC3)OCCC2. The predicted molar refractivity (Wildman–Crippen MR) is 80.9 cm³/mol. The van der Waals surface area contributed by atoms with E-state index in [-0.39, 0.29) is 5.92 Å². The van der Waals surface area contributed by atoms with Gasteiger partial charge in [0.15, 0.2) is 0 Å². The Hall–Kier alpha value is -1.03. The largest absolute Gasteiger partial charge is 0.493 e. The summed E-state index contributed by atoms with van der Waals surface area (Å²) in [4.78, 5) is 10.9. The second-order valence-electron chi connectivity index (χ2n) is 5.55. The maximum atomic E-state index is 10.9. The fraction of sp³-hybridized carbons (Fsp3) is 0.562. The Morgan fingerprint density at radius 1 is 1.15 bits per heavy atom. The first-order valence-corrected chi connectivity index (χ1v) is 8.09. The van der Waals surface area contributed by atoms with E-state index in [1.165, 1.54) is 16.7 Å². The van der Waals surface area contributed by atoms with Crippen LogP contribution in [0.1, 0.15) is 48.8 Å². The van der Waals surface area contributed by atoms with Gasteiger partial charge in [0.2, 0.25) is 0 Å². The van der Waals surface area contributed by atoms with Crippen molar-refractivity contribution in [3.63, 3.8) is 0 Å². The quantitative estimate of drug-likeness (QED) is 0.786. The van der Waals surface area contributed by atoms with Crippen molar-refractivity contribution in [1.29, 1.82) is 0 Å². The number of ether oxygens (including phenoxy) is 2. The van der Waals surface area contributed by atoms with E-state index in [9.17, 15) is 4.79 Å². The monoisotopic (exact) mass is 338 g/mol. The molecule has 4 heteroatoms. The van der Waals surface area contributed by atoms with E-state index in [1.807, 2.05) is 0 Å². The number of carbonyl (C=O) groups excluding carboxylic acids is 1. The molecule has 3 nitrogen and oxygen atoms in total. The van der Waals surface area contributed by atoms with E-state index in [1.54, 1.807) is 0 Å². The molecule has 0 bridgehead atoms. The van der Waals surface area contributed by atoms with Crippen molar-refractivity contribution in [3.8, 4) is 11.5 Å². The predicted octanol–water partition coefficient (Wildman–Crippen LogP) is 3.79. The fourth-order valence-electron chi connectivity index (χ4n) is 3.21. The van der Waals surface area contributed by atoms with Gasteiger partial charge in [0.05, 0.1) is 17.7 Å². The number of carbonyl (C=O) groups is 1. The topological polar surface area (TPSA) is 35.5 Å². The van der Waals surface area contributed by atoms with E-state index in [0.717, 1.165) is 61.2 Å². The Morgan fingerprint density at radius 3 is 2.50 bits per heavy atom. The van der Waals surface area contributed by atoms with Crippen molar-refractivity contribution in [2.75, 3.05) is 13.2 Å². The van der Waals surface area contributed by atoms with Gasteiger partial charge in [-0.1, -0.05) is 6.92 Å². The normalized spacial score (nSPS) is 18.3. The second-order valence-corrected chi connectivity index (χ2v) is 6.34. The zero-order valence-corrected chi connectivity index (χ0v) is 13.3. The first-order chi connectivity index (χ1) is 9.74. The highest BCUT2D eigenvalue weighted by Crippen LogP contribution is 2.48. The summed E-state index contributed by atoms with van der Waals surface area (Å²) in [5.74, 6) is 2.16. The van der Waals surface area contributed by atoms with Crippen molar-refractivity contribution in [1.82, 2.24) is 0 Å². The maximum Gasteiger partial charge on any atom is 0.137 e. The van der Waals surface area contributed by atoms with Crippen molar-refractivity contribution in [2.45, 2.75) is 44.9 Å². The zero-order valence-electron chi connectivity index (χ0n) is 11.7. The third-order valence-corrected chi connectivity index (χ3v) is 5.00. The summed E-state index contributed by atoms with van der Waals surface area (Å²) in [6.45, 7) is 3.64. The lowest BCUT2D eigenvalue weighted by molar-refractivity contribution is -0.108. The van der Waals surface area contributed by atoms with E-state index >= 15 is 0 Å². The fourth-order valence-corrected chi connectivity index (χ4v) is 3.94. The third-order valence-electron chi connectivity index (χ3n) is 4.16. The molecule has 0 amide bonds. The molecular weight excluding hydrogens is 320 g/mol. The van der Waals surface area contributed by atoms with Crippen LogP contribution in [0.5, 0.6) is 11.5 Å². The van der Waals surface area contributed by atoms with E-state index in [4.69, 9.17) is 9.47 Å². The van der Waals surface area contributed by atoms with Gasteiger partial charge in [-0.3, -0.25) is 0 Å². The maximum absolute atomic E-state index is 10.9. The van der Waals surface area contributed by atoms with Crippen LogP contribution in [0.15, 0.2) is 4.47 Å². The van der Waals surface area contributed by atoms with Crippen molar-refractivity contribution < 1.29 is 14.3 Å².